The number of benzene rings is 2. The molecule has 0 fully saturated rings. The lowest BCUT2D eigenvalue weighted by molar-refractivity contribution is 0.112. The Hall–Kier alpha value is -2.23. The summed E-state index contributed by atoms with van der Waals surface area (Å²) in [5, 5.41) is 0. The molecule has 0 aliphatic rings. The van der Waals surface area contributed by atoms with Gasteiger partial charge in [0.15, 0.2) is 0 Å². The Balaban J connectivity index is 2.64. The van der Waals surface area contributed by atoms with Crippen molar-refractivity contribution in [2.45, 2.75) is 0 Å². The maximum atomic E-state index is 13.7. The average Bonchev–Trinajstić information content (AvgIpc) is 2.38. The maximum Gasteiger partial charge on any atom is 0.150 e. The molecule has 0 unspecified atom stereocenters. The molecule has 0 radical (unpaired) electrons. The van der Waals surface area contributed by atoms with E-state index < -0.39 is 11.6 Å². The number of rotatable bonds is 3. The minimum absolute atomic E-state index is 0.192. The number of aldehydes is 1. The lowest BCUT2D eigenvalue weighted by Gasteiger charge is -2.10. The van der Waals surface area contributed by atoms with Crippen LogP contribution in [-0.4, -0.2) is 13.4 Å². The Morgan fingerprint density at radius 2 is 1.83 bits per heavy atom. The zero-order valence-corrected chi connectivity index (χ0v) is 9.61. The molecule has 2 rings (SSSR count). The van der Waals surface area contributed by atoms with Crippen LogP contribution in [0.2, 0.25) is 0 Å². The van der Waals surface area contributed by atoms with Crippen LogP contribution in [0.4, 0.5) is 8.78 Å². The Morgan fingerprint density at radius 3 is 2.44 bits per heavy atom. The highest BCUT2D eigenvalue weighted by atomic mass is 19.1. The van der Waals surface area contributed by atoms with E-state index in [4.69, 9.17) is 4.74 Å². The third-order valence-corrected chi connectivity index (χ3v) is 2.58. The molecular weight excluding hydrogens is 238 g/mol. The van der Waals surface area contributed by atoms with E-state index in [9.17, 15) is 13.6 Å². The van der Waals surface area contributed by atoms with Crippen molar-refractivity contribution in [3.05, 3.63) is 53.6 Å². The highest BCUT2D eigenvalue weighted by Gasteiger charge is 2.12. The van der Waals surface area contributed by atoms with Crippen LogP contribution in [-0.2, 0) is 0 Å². The Kier molecular flexibility index (Phi) is 3.37. The van der Waals surface area contributed by atoms with Gasteiger partial charge in [-0.1, -0.05) is 0 Å². The van der Waals surface area contributed by atoms with Crippen molar-refractivity contribution in [2.75, 3.05) is 7.11 Å². The van der Waals surface area contributed by atoms with Crippen LogP contribution in [0.1, 0.15) is 10.4 Å². The molecule has 0 spiro atoms. The van der Waals surface area contributed by atoms with Gasteiger partial charge in [-0.2, -0.15) is 0 Å². The Morgan fingerprint density at radius 1 is 1.06 bits per heavy atom. The Labute approximate surface area is 103 Å². The first kappa shape index (κ1) is 12.2. The van der Waals surface area contributed by atoms with Crippen LogP contribution in [0.5, 0.6) is 5.75 Å². The monoisotopic (exact) mass is 248 g/mol. The number of ether oxygens (including phenoxy) is 1. The summed E-state index contributed by atoms with van der Waals surface area (Å²) in [7, 11) is 1.45. The van der Waals surface area contributed by atoms with Gasteiger partial charge in [-0.3, -0.25) is 4.79 Å². The summed E-state index contributed by atoms with van der Waals surface area (Å²) in [5.41, 5.74) is 1.01. The molecule has 0 atom stereocenters. The van der Waals surface area contributed by atoms with E-state index in [2.05, 4.69) is 0 Å². The van der Waals surface area contributed by atoms with E-state index in [-0.39, 0.29) is 5.56 Å². The number of carbonyl (C=O) groups is 1. The summed E-state index contributed by atoms with van der Waals surface area (Å²) >= 11 is 0. The molecule has 0 saturated carbocycles. The van der Waals surface area contributed by atoms with Crippen molar-refractivity contribution >= 4 is 6.29 Å². The Bertz CT molecular complexity index is 594. The molecule has 4 heteroatoms. The molecule has 0 bridgehead atoms. The molecule has 2 aromatic rings. The number of hydrogen-bond acceptors (Lipinski definition) is 2. The molecule has 0 amide bonds. The molecule has 2 aromatic carbocycles. The first-order valence-corrected chi connectivity index (χ1v) is 5.24. The topological polar surface area (TPSA) is 26.3 Å². The quantitative estimate of drug-likeness (QED) is 0.777. The second-order valence-corrected chi connectivity index (χ2v) is 3.70. The summed E-state index contributed by atoms with van der Waals surface area (Å²) in [5.74, 6) is -0.927. The first-order valence-electron chi connectivity index (χ1n) is 5.24. The number of carbonyl (C=O) groups excluding carboxylic acids is 1. The zero-order valence-electron chi connectivity index (χ0n) is 9.61. The maximum absolute atomic E-state index is 13.7. The highest BCUT2D eigenvalue weighted by Crippen LogP contribution is 2.32. The summed E-state index contributed by atoms with van der Waals surface area (Å²) < 4.78 is 31.7. The van der Waals surface area contributed by atoms with Crippen molar-refractivity contribution in [1.82, 2.24) is 0 Å². The van der Waals surface area contributed by atoms with Crippen molar-refractivity contribution in [2.24, 2.45) is 0 Å². The number of hydrogen-bond donors (Lipinski definition) is 0. The fourth-order valence-corrected chi connectivity index (χ4v) is 1.72. The largest absolute Gasteiger partial charge is 0.496 e. The van der Waals surface area contributed by atoms with Gasteiger partial charge in [-0.25, -0.2) is 8.78 Å². The van der Waals surface area contributed by atoms with Gasteiger partial charge < -0.3 is 4.74 Å². The fraction of sp³-hybridized carbons (Fsp3) is 0.0714. The van der Waals surface area contributed by atoms with Crippen LogP contribution < -0.4 is 4.74 Å². The molecule has 0 saturated heterocycles. The van der Waals surface area contributed by atoms with E-state index in [1.165, 1.54) is 19.2 Å². The summed E-state index contributed by atoms with van der Waals surface area (Å²) in [6.07, 6.45) is 0.657. The van der Waals surface area contributed by atoms with Crippen molar-refractivity contribution in [3.63, 3.8) is 0 Å². The van der Waals surface area contributed by atoms with Crippen molar-refractivity contribution < 1.29 is 18.3 Å². The van der Waals surface area contributed by atoms with Gasteiger partial charge in [0.25, 0.3) is 0 Å². The molecule has 0 aliphatic heterocycles. The van der Waals surface area contributed by atoms with Gasteiger partial charge in [0, 0.05) is 22.8 Å². The van der Waals surface area contributed by atoms with Crippen molar-refractivity contribution in [3.8, 4) is 16.9 Å². The molecule has 0 aliphatic carbocycles. The van der Waals surface area contributed by atoms with Crippen LogP contribution in [0.25, 0.3) is 11.1 Å². The van der Waals surface area contributed by atoms with Gasteiger partial charge in [0.1, 0.15) is 23.7 Å². The SMILES string of the molecule is COc1ccc(C=O)cc1-c1ccc(F)cc1F. The van der Waals surface area contributed by atoms with E-state index in [0.29, 0.717) is 23.2 Å². The molecular formula is C14H10F2O2. The van der Waals surface area contributed by atoms with E-state index in [1.54, 1.807) is 12.1 Å². The van der Waals surface area contributed by atoms with Crippen LogP contribution in [0, 0.1) is 11.6 Å². The summed E-state index contributed by atoms with van der Waals surface area (Å²) in [4.78, 5) is 10.7. The smallest absolute Gasteiger partial charge is 0.150 e. The summed E-state index contributed by atoms with van der Waals surface area (Å²) in [6, 6.07) is 7.91. The van der Waals surface area contributed by atoms with Crippen molar-refractivity contribution in [1.29, 1.82) is 0 Å². The molecule has 2 nitrogen and oxygen atoms in total. The average molecular weight is 248 g/mol. The lowest BCUT2D eigenvalue weighted by atomic mass is 10.0. The predicted molar refractivity (Wildman–Crippen MR) is 63.7 cm³/mol. The lowest BCUT2D eigenvalue weighted by Crippen LogP contribution is -1.93. The fourth-order valence-electron chi connectivity index (χ4n) is 1.72. The molecule has 0 heterocycles. The van der Waals surface area contributed by atoms with E-state index in [1.807, 2.05) is 0 Å². The molecule has 0 aromatic heterocycles. The first-order chi connectivity index (χ1) is 8.65. The third-order valence-electron chi connectivity index (χ3n) is 2.58. The number of methoxy groups -OCH3 is 1. The standard InChI is InChI=1S/C14H10F2O2/c1-18-14-5-2-9(8-17)6-12(14)11-4-3-10(15)7-13(11)16/h2-8H,1H3. The summed E-state index contributed by atoms with van der Waals surface area (Å²) in [6.45, 7) is 0. The van der Waals surface area contributed by atoms with Gasteiger partial charge in [-0.05, 0) is 30.3 Å². The van der Waals surface area contributed by atoms with E-state index >= 15 is 0 Å². The van der Waals surface area contributed by atoms with Gasteiger partial charge in [0.05, 0.1) is 7.11 Å². The second kappa shape index (κ2) is 4.96. The second-order valence-electron chi connectivity index (χ2n) is 3.70. The minimum atomic E-state index is -0.698. The molecule has 0 N–H and O–H groups in total. The van der Waals surface area contributed by atoms with Crippen LogP contribution >= 0.6 is 0 Å². The minimum Gasteiger partial charge on any atom is -0.496 e. The molecule has 92 valence electrons. The number of halogens is 2. The van der Waals surface area contributed by atoms with Crippen LogP contribution in [0.3, 0.4) is 0 Å². The van der Waals surface area contributed by atoms with Gasteiger partial charge in [-0.15, -0.1) is 0 Å². The third kappa shape index (κ3) is 2.22. The van der Waals surface area contributed by atoms with E-state index in [0.717, 1.165) is 12.1 Å². The van der Waals surface area contributed by atoms with Gasteiger partial charge >= 0.3 is 0 Å². The molecule has 18 heavy (non-hydrogen) atoms. The highest BCUT2D eigenvalue weighted by molar-refractivity contribution is 5.81. The van der Waals surface area contributed by atoms with Gasteiger partial charge in [0.2, 0.25) is 0 Å². The van der Waals surface area contributed by atoms with Crippen LogP contribution in [0.15, 0.2) is 36.4 Å². The normalized spacial score (nSPS) is 10.2. The zero-order chi connectivity index (χ0) is 13.1. The predicted octanol–water partition coefficient (Wildman–Crippen LogP) is 3.45.